The Bertz CT molecular complexity index is 536. The third-order valence-corrected chi connectivity index (χ3v) is 3.26. The van der Waals surface area contributed by atoms with Gasteiger partial charge in [-0.15, -0.1) is 11.6 Å². The minimum absolute atomic E-state index is 0.00750. The molecule has 0 fully saturated rings. The first-order valence-corrected chi connectivity index (χ1v) is 6.75. The topological polar surface area (TPSA) is 29.1 Å². The fourth-order valence-corrected chi connectivity index (χ4v) is 2.04. The fourth-order valence-electron chi connectivity index (χ4n) is 1.96. The van der Waals surface area contributed by atoms with E-state index in [9.17, 15) is 4.79 Å². The number of carbonyl (C=O) groups excluding carboxylic acids is 1. The van der Waals surface area contributed by atoms with E-state index in [-0.39, 0.29) is 17.8 Å². The van der Waals surface area contributed by atoms with Gasteiger partial charge in [0.15, 0.2) is 0 Å². The molecule has 2 nitrogen and oxygen atoms in total. The quantitative estimate of drug-likeness (QED) is 0.844. The van der Waals surface area contributed by atoms with Crippen molar-refractivity contribution in [3.05, 3.63) is 60.2 Å². The molecule has 0 saturated carbocycles. The summed E-state index contributed by atoms with van der Waals surface area (Å²) in [5.41, 5.74) is 3.42. The number of carbonyl (C=O) groups is 1. The second-order valence-electron chi connectivity index (χ2n) is 4.41. The van der Waals surface area contributed by atoms with Crippen LogP contribution < -0.4 is 5.32 Å². The van der Waals surface area contributed by atoms with Crippen LogP contribution in [0.25, 0.3) is 11.1 Å². The molecule has 1 amide bonds. The van der Waals surface area contributed by atoms with Crippen LogP contribution in [-0.4, -0.2) is 11.8 Å². The molecule has 0 aromatic heterocycles. The van der Waals surface area contributed by atoms with Crippen LogP contribution in [0.15, 0.2) is 54.6 Å². The van der Waals surface area contributed by atoms with Gasteiger partial charge in [-0.2, -0.15) is 0 Å². The Kier molecular flexibility index (Phi) is 4.58. The monoisotopic (exact) mass is 273 g/mol. The number of rotatable bonds is 4. The molecule has 0 aliphatic heterocycles. The van der Waals surface area contributed by atoms with Crippen LogP contribution in [0, 0.1) is 0 Å². The van der Waals surface area contributed by atoms with Crippen molar-refractivity contribution in [3.8, 4) is 11.1 Å². The van der Waals surface area contributed by atoms with E-state index in [2.05, 4.69) is 29.6 Å². The summed E-state index contributed by atoms with van der Waals surface area (Å²) in [6.07, 6.45) is 0. The van der Waals surface area contributed by atoms with E-state index in [0.29, 0.717) is 0 Å². The Morgan fingerprint density at radius 1 is 1.05 bits per heavy atom. The van der Waals surface area contributed by atoms with Gasteiger partial charge in [0.05, 0.1) is 6.04 Å². The Morgan fingerprint density at radius 2 is 1.63 bits per heavy atom. The highest BCUT2D eigenvalue weighted by Crippen LogP contribution is 2.21. The van der Waals surface area contributed by atoms with E-state index in [4.69, 9.17) is 11.6 Å². The maximum atomic E-state index is 11.2. The normalized spacial score (nSPS) is 11.9. The fraction of sp³-hybridized carbons (Fsp3) is 0.188. The van der Waals surface area contributed by atoms with Crippen molar-refractivity contribution >= 4 is 17.5 Å². The molecule has 0 bridgehead atoms. The SMILES string of the molecule is C[C@H](NC(=O)CCl)c1ccc(-c2ccccc2)cc1. The molecule has 2 rings (SSSR count). The number of nitrogens with one attached hydrogen (secondary N) is 1. The van der Waals surface area contributed by atoms with E-state index in [1.807, 2.05) is 37.3 Å². The Labute approximate surface area is 118 Å². The highest BCUT2D eigenvalue weighted by molar-refractivity contribution is 6.27. The molecule has 98 valence electrons. The van der Waals surface area contributed by atoms with Crippen molar-refractivity contribution in [1.29, 1.82) is 0 Å². The summed E-state index contributed by atoms with van der Waals surface area (Å²) in [7, 11) is 0. The molecule has 1 atom stereocenters. The van der Waals surface area contributed by atoms with Crippen molar-refractivity contribution in [3.63, 3.8) is 0 Å². The summed E-state index contributed by atoms with van der Waals surface area (Å²) in [4.78, 5) is 11.2. The lowest BCUT2D eigenvalue weighted by atomic mass is 10.0. The molecule has 2 aromatic rings. The molecule has 0 aliphatic rings. The number of halogens is 1. The van der Waals surface area contributed by atoms with Crippen LogP contribution in [0.1, 0.15) is 18.5 Å². The van der Waals surface area contributed by atoms with E-state index in [0.717, 1.165) is 5.56 Å². The van der Waals surface area contributed by atoms with E-state index in [1.165, 1.54) is 11.1 Å². The predicted molar refractivity (Wildman–Crippen MR) is 79.2 cm³/mol. The Hall–Kier alpha value is -1.80. The highest BCUT2D eigenvalue weighted by Gasteiger charge is 2.08. The van der Waals surface area contributed by atoms with E-state index >= 15 is 0 Å². The van der Waals surface area contributed by atoms with E-state index < -0.39 is 0 Å². The summed E-state index contributed by atoms with van der Waals surface area (Å²) in [6.45, 7) is 1.95. The lowest BCUT2D eigenvalue weighted by Gasteiger charge is -2.14. The summed E-state index contributed by atoms with van der Waals surface area (Å²) in [6, 6.07) is 18.4. The molecule has 0 radical (unpaired) electrons. The van der Waals surface area contributed by atoms with Gasteiger partial charge in [0.25, 0.3) is 0 Å². The van der Waals surface area contributed by atoms with Crippen LogP contribution in [0.3, 0.4) is 0 Å². The van der Waals surface area contributed by atoms with Crippen LogP contribution in [0.4, 0.5) is 0 Å². The summed E-state index contributed by atoms with van der Waals surface area (Å²) >= 11 is 5.48. The van der Waals surface area contributed by atoms with Gasteiger partial charge in [-0.1, -0.05) is 54.6 Å². The number of alkyl halides is 1. The average molecular weight is 274 g/mol. The molecule has 0 spiro atoms. The lowest BCUT2D eigenvalue weighted by molar-refractivity contribution is -0.119. The predicted octanol–water partition coefficient (Wildman–Crippen LogP) is 3.77. The number of hydrogen-bond acceptors (Lipinski definition) is 1. The minimum Gasteiger partial charge on any atom is -0.349 e. The van der Waals surface area contributed by atoms with Crippen molar-refractivity contribution in [2.75, 3.05) is 5.88 Å². The van der Waals surface area contributed by atoms with Gasteiger partial charge in [0, 0.05) is 0 Å². The molecule has 0 unspecified atom stereocenters. The summed E-state index contributed by atoms with van der Waals surface area (Å²) in [5, 5.41) is 2.83. The van der Waals surface area contributed by atoms with Crippen molar-refractivity contribution < 1.29 is 4.79 Å². The first-order chi connectivity index (χ1) is 9.20. The summed E-state index contributed by atoms with van der Waals surface area (Å²) in [5.74, 6) is -0.159. The van der Waals surface area contributed by atoms with Crippen LogP contribution in [0.2, 0.25) is 0 Å². The molecule has 1 N–H and O–H groups in total. The van der Waals surface area contributed by atoms with Crippen molar-refractivity contribution in [2.45, 2.75) is 13.0 Å². The number of benzene rings is 2. The van der Waals surface area contributed by atoms with Crippen molar-refractivity contribution in [2.24, 2.45) is 0 Å². The zero-order chi connectivity index (χ0) is 13.7. The smallest absolute Gasteiger partial charge is 0.235 e. The zero-order valence-electron chi connectivity index (χ0n) is 10.8. The standard InChI is InChI=1S/C16H16ClNO/c1-12(18-16(19)11-17)13-7-9-15(10-8-13)14-5-3-2-4-6-14/h2-10,12H,11H2,1H3,(H,18,19)/t12-/m0/s1. The third-order valence-electron chi connectivity index (χ3n) is 3.02. The van der Waals surface area contributed by atoms with Gasteiger partial charge in [-0.3, -0.25) is 4.79 Å². The first-order valence-electron chi connectivity index (χ1n) is 6.21. The Morgan fingerprint density at radius 3 is 2.21 bits per heavy atom. The van der Waals surface area contributed by atoms with Gasteiger partial charge < -0.3 is 5.32 Å². The van der Waals surface area contributed by atoms with Gasteiger partial charge in [-0.25, -0.2) is 0 Å². The van der Waals surface area contributed by atoms with Crippen LogP contribution >= 0.6 is 11.6 Å². The molecular weight excluding hydrogens is 258 g/mol. The average Bonchev–Trinajstić information content (AvgIpc) is 2.48. The largest absolute Gasteiger partial charge is 0.349 e. The van der Waals surface area contributed by atoms with Gasteiger partial charge in [-0.05, 0) is 23.6 Å². The molecule has 19 heavy (non-hydrogen) atoms. The highest BCUT2D eigenvalue weighted by atomic mass is 35.5. The third kappa shape index (κ3) is 3.58. The zero-order valence-corrected chi connectivity index (χ0v) is 11.5. The molecule has 2 aromatic carbocycles. The molecular formula is C16H16ClNO. The first kappa shape index (κ1) is 13.6. The molecule has 3 heteroatoms. The van der Waals surface area contributed by atoms with E-state index in [1.54, 1.807) is 0 Å². The maximum Gasteiger partial charge on any atom is 0.235 e. The lowest BCUT2D eigenvalue weighted by Crippen LogP contribution is -2.27. The number of hydrogen-bond donors (Lipinski definition) is 1. The maximum absolute atomic E-state index is 11.2. The second-order valence-corrected chi connectivity index (χ2v) is 4.68. The molecule has 0 heterocycles. The molecule has 0 saturated heterocycles. The minimum atomic E-state index is -0.152. The summed E-state index contributed by atoms with van der Waals surface area (Å²) < 4.78 is 0. The molecule has 0 aliphatic carbocycles. The van der Waals surface area contributed by atoms with Crippen LogP contribution in [-0.2, 0) is 4.79 Å². The van der Waals surface area contributed by atoms with Gasteiger partial charge in [0.1, 0.15) is 5.88 Å². The van der Waals surface area contributed by atoms with Crippen LogP contribution in [0.5, 0.6) is 0 Å². The second kappa shape index (κ2) is 6.39. The van der Waals surface area contributed by atoms with Gasteiger partial charge >= 0.3 is 0 Å². The Balaban J connectivity index is 2.12. The number of amides is 1. The van der Waals surface area contributed by atoms with Gasteiger partial charge in [0.2, 0.25) is 5.91 Å². The van der Waals surface area contributed by atoms with Crippen molar-refractivity contribution in [1.82, 2.24) is 5.32 Å².